The van der Waals surface area contributed by atoms with E-state index in [-0.39, 0.29) is 12.0 Å². The van der Waals surface area contributed by atoms with Crippen molar-refractivity contribution in [3.8, 4) is 0 Å². The van der Waals surface area contributed by atoms with Crippen LogP contribution in [0.1, 0.15) is 46.0 Å². The molecule has 0 aromatic rings. The molecule has 2 aliphatic carbocycles. The summed E-state index contributed by atoms with van der Waals surface area (Å²) in [6, 6.07) is -0.101. The van der Waals surface area contributed by atoms with Crippen molar-refractivity contribution in [2.24, 2.45) is 5.92 Å². The van der Waals surface area contributed by atoms with E-state index >= 15 is 0 Å². The first kappa shape index (κ1) is 24.2. The number of hydrogen-bond acceptors (Lipinski definition) is 4. The van der Waals surface area contributed by atoms with Crippen LogP contribution in [-0.4, -0.2) is 45.3 Å². The molecule has 0 saturated carbocycles. The van der Waals surface area contributed by atoms with Crippen LogP contribution in [0.2, 0.25) is 0 Å². The highest BCUT2D eigenvalue weighted by Gasteiger charge is 2.27. The Morgan fingerprint density at radius 3 is 2.60 bits per heavy atom. The number of sulfonamides is 1. The van der Waals surface area contributed by atoms with Gasteiger partial charge in [-0.2, -0.15) is 4.31 Å². The molecular formula is C23H35N3O3S. The lowest BCUT2D eigenvalue weighted by Gasteiger charge is -2.27. The van der Waals surface area contributed by atoms with Crippen molar-refractivity contribution in [3.63, 3.8) is 0 Å². The summed E-state index contributed by atoms with van der Waals surface area (Å²) >= 11 is 0. The average Bonchev–Trinajstić information content (AvgIpc) is 2.98. The molecule has 0 bridgehead atoms. The Morgan fingerprint density at radius 2 is 1.97 bits per heavy atom. The summed E-state index contributed by atoms with van der Waals surface area (Å²) in [5, 5.41) is 5.94. The van der Waals surface area contributed by atoms with Crippen molar-refractivity contribution in [1.82, 2.24) is 14.9 Å². The van der Waals surface area contributed by atoms with Crippen LogP contribution in [0.3, 0.4) is 0 Å². The lowest BCUT2D eigenvalue weighted by molar-refractivity contribution is -0.110. The summed E-state index contributed by atoms with van der Waals surface area (Å²) in [5.41, 5.74) is 2.16. The third-order valence-electron chi connectivity index (χ3n) is 5.18. The van der Waals surface area contributed by atoms with Crippen LogP contribution >= 0.6 is 0 Å². The zero-order valence-corrected chi connectivity index (χ0v) is 19.1. The molecule has 0 aromatic carbocycles. The SMILES string of the molecule is CNC1=CC=C(S(=O)(=O)N(CCC(CC2=CCCC=C2)NC=O)CC(C)C)C=CC1. The molecule has 0 aromatic heterocycles. The first-order chi connectivity index (χ1) is 14.4. The van der Waals surface area contributed by atoms with E-state index in [2.05, 4.69) is 28.9 Å². The molecule has 166 valence electrons. The minimum atomic E-state index is -3.63. The Kier molecular flexibility index (Phi) is 9.59. The van der Waals surface area contributed by atoms with Crippen LogP contribution in [-0.2, 0) is 14.8 Å². The number of carbonyl (C=O) groups excluding carboxylic acids is 1. The zero-order valence-electron chi connectivity index (χ0n) is 18.3. The van der Waals surface area contributed by atoms with Gasteiger partial charge >= 0.3 is 0 Å². The smallest absolute Gasteiger partial charge is 0.243 e. The van der Waals surface area contributed by atoms with Gasteiger partial charge in [0.25, 0.3) is 0 Å². The second kappa shape index (κ2) is 11.9. The molecule has 0 saturated heterocycles. The van der Waals surface area contributed by atoms with Crippen molar-refractivity contribution in [1.29, 1.82) is 0 Å². The van der Waals surface area contributed by atoms with Crippen LogP contribution in [0.15, 0.2) is 58.7 Å². The Bertz CT molecular complexity index is 836. The molecule has 0 heterocycles. The van der Waals surface area contributed by atoms with E-state index in [1.807, 2.05) is 33.0 Å². The maximum atomic E-state index is 13.4. The largest absolute Gasteiger partial charge is 0.391 e. The number of rotatable bonds is 12. The van der Waals surface area contributed by atoms with Crippen molar-refractivity contribution < 1.29 is 13.2 Å². The van der Waals surface area contributed by atoms with Gasteiger partial charge in [0.15, 0.2) is 0 Å². The van der Waals surface area contributed by atoms with E-state index in [1.165, 1.54) is 5.57 Å². The van der Waals surface area contributed by atoms with Crippen LogP contribution in [0, 0.1) is 5.92 Å². The van der Waals surface area contributed by atoms with Gasteiger partial charge in [0.1, 0.15) is 0 Å². The molecular weight excluding hydrogens is 398 g/mol. The van der Waals surface area contributed by atoms with Crippen molar-refractivity contribution >= 4 is 16.4 Å². The summed E-state index contributed by atoms with van der Waals surface area (Å²) < 4.78 is 28.3. The Morgan fingerprint density at radius 1 is 1.17 bits per heavy atom. The van der Waals surface area contributed by atoms with Crippen molar-refractivity contribution in [3.05, 3.63) is 58.7 Å². The predicted molar refractivity (Wildman–Crippen MR) is 123 cm³/mol. The highest BCUT2D eigenvalue weighted by molar-refractivity contribution is 7.93. The first-order valence-corrected chi connectivity index (χ1v) is 12.1. The topological polar surface area (TPSA) is 78.5 Å². The third kappa shape index (κ3) is 7.29. The van der Waals surface area contributed by atoms with E-state index in [0.29, 0.717) is 43.7 Å². The third-order valence-corrected chi connectivity index (χ3v) is 7.06. The fourth-order valence-corrected chi connectivity index (χ4v) is 5.22. The molecule has 7 heteroatoms. The molecule has 1 amide bonds. The predicted octanol–water partition coefficient (Wildman–Crippen LogP) is 3.39. The number of nitrogens with zero attached hydrogens (tertiary/aromatic N) is 1. The molecule has 2 rings (SSSR count). The van der Waals surface area contributed by atoms with Gasteiger partial charge in [-0.25, -0.2) is 8.42 Å². The van der Waals surface area contributed by atoms with Gasteiger partial charge in [-0.1, -0.05) is 43.7 Å². The fraction of sp³-hybridized carbons (Fsp3) is 0.522. The maximum Gasteiger partial charge on any atom is 0.243 e. The lowest BCUT2D eigenvalue weighted by Crippen LogP contribution is -2.39. The Balaban J connectivity index is 2.16. The molecule has 0 radical (unpaired) electrons. The number of allylic oxidation sites excluding steroid dienone is 7. The minimum absolute atomic E-state index is 0.101. The van der Waals surface area contributed by atoms with Crippen LogP contribution in [0.4, 0.5) is 0 Å². The molecule has 2 N–H and O–H groups in total. The van der Waals surface area contributed by atoms with Gasteiger partial charge < -0.3 is 10.6 Å². The first-order valence-electron chi connectivity index (χ1n) is 10.7. The standard InChI is InChI=1S/C23H35N3O3S/c1-19(2)17-26(30(28,29)23-11-7-10-21(24-3)12-13-23)15-14-22(25-18-27)16-20-8-5-4-6-9-20/h5,7-9,11-13,18-19,22,24H,4,6,10,14-17H2,1-3H3,(H,25,27). The summed E-state index contributed by atoms with van der Waals surface area (Å²) in [6.45, 7) is 4.82. The van der Waals surface area contributed by atoms with Gasteiger partial charge in [0.05, 0.1) is 4.91 Å². The highest BCUT2D eigenvalue weighted by Crippen LogP contribution is 2.22. The summed E-state index contributed by atoms with van der Waals surface area (Å²) in [7, 11) is -1.80. The minimum Gasteiger partial charge on any atom is -0.391 e. The molecule has 0 spiro atoms. The lowest BCUT2D eigenvalue weighted by atomic mass is 9.98. The molecule has 1 unspecified atom stereocenters. The van der Waals surface area contributed by atoms with Crippen molar-refractivity contribution in [2.45, 2.75) is 52.0 Å². The van der Waals surface area contributed by atoms with Crippen LogP contribution < -0.4 is 10.6 Å². The summed E-state index contributed by atoms with van der Waals surface area (Å²) in [6.07, 6.45) is 18.2. The summed E-state index contributed by atoms with van der Waals surface area (Å²) in [5.74, 6) is 0.194. The molecule has 30 heavy (non-hydrogen) atoms. The molecule has 0 aliphatic heterocycles. The zero-order chi connectivity index (χ0) is 22.0. The van der Waals surface area contributed by atoms with Gasteiger partial charge in [-0.3, -0.25) is 4.79 Å². The number of hydrogen-bond donors (Lipinski definition) is 2. The molecule has 1 atom stereocenters. The maximum absolute atomic E-state index is 13.4. The average molecular weight is 434 g/mol. The van der Waals surface area contributed by atoms with Gasteiger partial charge in [-0.15, -0.1) is 0 Å². The second-order valence-corrected chi connectivity index (χ2v) is 10.0. The normalized spacial score (nSPS) is 17.8. The van der Waals surface area contributed by atoms with Gasteiger partial charge in [0.2, 0.25) is 16.4 Å². The van der Waals surface area contributed by atoms with Gasteiger partial charge in [0, 0.05) is 38.3 Å². The van der Waals surface area contributed by atoms with E-state index in [4.69, 9.17) is 0 Å². The Labute approximate surface area is 181 Å². The molecule has 0 fully saturated rings. The monoisotopic (exact) mass is 433 g/mol. The van der Waals surface area contributed by atoms with Gasteiger partial charge in [-0.05, 0) is 49.8 Å². The number of carbonyl (C=O) groups is 1. The van der Waals surface area contributed by atoms with E-state index in [9.17, 15) is 13.2 Å². The van der Waals surface area contributed by atoms with E-state index < -0.39 is 10.0 Å². The van der Waals surface area contributed by atoms with Crippen LogP contribution in [0.5, 0.6) is 0 Å². The van der Waals surface area contributed by atoms with Crippen LogP contribution in [0.25, 0.3) is 0 Å². The van der Waals surface area contributed by atoms with Crippen molar-refractivity contribution in [2.75, 3.05) is 20.1 Å². The number of amides is 1. The van der Waals surface area contributed by atoms with E-state index in [0.717, 1.165) is 18.5 Å². The summed E-state index contributed by atoms with van der Waals surface area (Å²) in [4.78, 5) is 11.4. The highest BCUT2D eigenvalue weighted by atomic mass is 32.2. The Hall–Kier alpha value is -2.12. The number of nitrogens with one attached hydrogen (secondary N) is 2. The van der Waals surface area contributed by atoms with E-state index in [1.54, 1.807) is 16.5 Å². The molecule has 2 aliphatic rings. The fourth-order valence-electron chi connectivity index (χ4n) is 3.58. The second-order valence-electron chi connectivity index (χ2n) is 8.11. The quantitative estimate of drug-likeness (QED) is 0.463. The molecule has 6 nitrogen and oxygen atoms in total.